The minimum Gasteiger partial charge on any atom is -0.369 e. The van der Waals surface area contributed by atoms with Gasteiger partial charge in [-0.2, -0.15) is 0 Å². The third-order valence-corrected chi connectivity index (χ3v) is 1.14. The molecule has 1 aliphatic rings. The van der Waals surface area contributed by atoms with Crippen LogP contribution >= 0.6 is 0 Å². The summed E-state index contributed by atoms with van der Waals surface area (Å²) in [6.45, 7) is 2.64. The van der Waals surface area contributed by atoms with Gasteiger partial charge >= 0.3 is 0 Å². The molecule has 1 aliphatic heterocycles. The van der Waals surface area contributed by atoms with Crippen molar-refractivity contribution in [2.45, 2.75) is 13.1 Å². The van der Waals surface area contributed by atoms with Crippen LogP contribution in [0, 0.1) is 0 Å². The van der Waals surface area contributed by atoms with Crippen LogP contribution in [-0.4, -0.2) is 12.7 Å². The molecule has 0 aliphatic carbocycles. The molecule has 0 amide bonds. The summed E-state index contributed by atoms with van der Waals surface area (Å²) in [5.74, 6) is 0. The zero-order valence-electron chi connectivity index (χ0n) is 4.94. The number of hydrogen-bond donors (Lipinski definition) is 3. The molecule has 1 heterocycles. The molecule has 0 aromatic heterocycles. The van der Waals surface area contributed by atoms with E-state index in [1.165, 1.54) is 0 Å². The van der Waals surface area contributed by atoms with Gasteiger partial charge in [0.25, 0.3) is 0 Å². The molecule has 1 unspecified atom stereocenters. The minimum atomic E-state index is 0.259. The molecule has 0 radical (unpaired) electrons. The number of nitrogens with two attached hydrogens (primary N) is 1. The van der Waals surface area contributed by atoms with Crippen molar-refractivity contribution in [2.24, 2.45) is 5.73 Å². The van der Waals surface area contributed by atoms with E-state index in [1.54, 1.807) is 0 Å². The summed E-state index contributed by atoms with van der Waals surface area (Å²) >= 11 is 0. The lowest BCUT2D eigenvalue weighted by Crippen LogP contribution is -2.38. The topological polar surface area (TPSA) is 50.1 Å². The van der Waals surface area contributed by atoms with Crippen LogP contribution in [0.5, 0.6) is 0 Å². The maximum atomic E-state index is 5.34. The average Bonchev–Trinajstić information content (AvgIpc) is 2.14. The Morgan fingerprint density at radius 1 is 1.88 bits per heavy atom. The highest BCUT2D eigenvalue weighted by atomic mass is 15.2. The highest BCUT2D eigenvalue weighted by molar-refractivity contribution is 5.03. The molecule has 46 valence electrons. The van der Waals surface area contributed by atoms with Crippen LogP contribution in [0.2, 0.25) is 0 Å². The predicted octanol–water partition coefficient (Wildman–Crippen LogP) is -0.675. The lowest BCUT2D eigenvalue weighted by molar-refractivity contribution is 0.571. The van der Waals surface area contributed by atoms with Crippen molar-refractivity contribution in [3.8, 4) is 0 Å². The summed E-state index contributed by atoms with van der Waals surface area (Å²) in [4.78, 5) is 0. The molecule has 0 aromatic carbocycles. The largest absolute Gasteiger partial charge is 0.369 e. The van der Waals surface area contributed by atoms with Gasteiger partial charge in [0.15, 0.2) is 0 Å². The van der Waals surface area contributed by atoms with E-state index in [9.17, 15) is 0 Å². The summed E-state index contributed by atoms with van der Waals surface area (Å²) in [6.07, 6.45) is 2.19. The first-order valence-electron chi connectivity index (χ1n) is 2.72. The SMILES string of the molecule is CC1=CNC(CN)N1. The second-order valence-electron chi connectivity index (χ2n) is 1.93. The number of hydrogen-bond acceptors (Lipinski definition) is 3. The van der Waals surface area contributed by atoms with E-state index >= 15 is 0 Å². The Hall–Kier alpha value is -0.700. The number of allylic oxidation sites excluding steroid dienone is 1. The lowest BCUT2D eigenvalue weighted by atomic mass is 10.5. The van der Waals surface area contributed by atoms with E-state index < -0.39 is 0 Å². The van der Waals surface area contributed by atoms with Crippen molar-refractivity contribution in [1.29, 1.82) is 0 Å². The van der Waals surface area contributed by atoms with E-state index in [0.29, 0.717) is 6.54 Å². The van der Waals surface area contributed by atoms with Gasteiger partial charge in [0.05, 0.1) is 0 Å². The van der Waals surface area contributed by atoms with Crippen LogP contribution in [0.15, 0.2) is 11.9 Å². The Morgan fingerprint density at radius 2 is 2.62 bits per heavy atom. The Kier molecular flexibility index (Phi) is 1.39. The summed E-state index contributed by atoms with van der Waals surface area (Å²) in [5.41, 5.74) is 6.49. The second kappa shape index (κ2) is 2.05. The molecule has 0 saturated carbocycles. The highest BCUT2D eigenvalue weighted by Gasteiger charge is 2.07. The van der Waals surface area contributed by atoms with Gasteiger partial charge in [-0.05, 0) is 6.92 Å². The van der Waals surface area contributed by atoms with Gasteiger partial charge in [0.1, 0.15) is 6.17 Å². The van der Waals surface area contributed by atoms with Crippen LogP contribution in [-0.2, 0) is 0 Å². The first-order chi connectivity index (χ1) is 3.83. The average molecular weight is 113 g/mol. The van der Waals surface area contributed by atoms with E-state index in [2.05, 4.69) is 10.6 Å². The van der Waals surface area contributed by atoms with Crippen molar-refractivity contribution in [3.63, 3.8) is 0 Å². The van der Waals surface area contributed by atoms with E-state index in [4.69, 9.17) is 5.73 Å². The summed E-state index contributed by atoms with van der Waals surface area (Å²) < 4.78 is 0. The third kappa shape index (κ3) is 0.924. The highest BCUT2D eigenvalue weighted by Crippen LogP contribution is 1.93. The van der Waals surface area contributed by atoms with Crippen molar-refractivity contribution in [3.05, 3.63) is 11.9 Å². The molecule has 0 bridgehead atoms. The fraction of sp³-hybridized carbons (Fsp3) is 0.600. The molecule has 3 heteroatoms. The smallest absolute Gasteiger partial charge is 0.108 e. The predicted molar refractivity (Wildman–Crippen MR) is 32.9 cm³/mol. The Bertz CT molecular complexity index is 108. The summed E-state index contributed by atoms with van der Waals surface area (Å²) in [5, 5.41) is 6.19. The van der Waals surface area contributed by atoms with Gasteiger partial charge in [-0.1, -0.05) is 0 Å². The fourth-order valence-corrected chi connectivity index (χ4v) is 0.711. The molecule has 0 fully saturated rings. The molecule has 0 aromatic rings. The van der Waals surface area contributed by atoms with Crippen LogP contribution in [0.1, 0.15) is 6.92 Å². The number of rotatable bonds is 1. The van der Waals surface area contributed by atoms with E-state index in [-0.39, 0.29) is 6.17 Å². The van der Waals surface area contributed by atoms with Gasteiger partial charge < -0.3 is 16.4 Å². The maximum Gasteiger partial charge on any atom is 0.108 e. The van der Waals surface area contributed by atoms with Crippen molar-refractivity contribution < 1.29 is 0 Å². The van der Waals surface area contributed by atoms with Gasteiger partial charge in [-0.25, -0.2) is 0 Å². The molecule has 1 rings (SSSR count). The van der Waals surface area contributed by atoms with Crippen molar-refractivity contribution in [1.82, 2.24) is 10.6 Å². The fourth-order valence-electron chi connectivity index (χ4n) is 0.711. The van der Waals surface area contributed by atoms with Gasteiger partial charge in [0.2, 0.25) is 0 Å². The Morgan fingerprint density at radius 3 is 2.88 bits per heavy atom. The van der Waals surface area contributed by atoms with Gasteiger partial charge in [0, 0.05) is 18.4 Å². The van der Waals surface area contributed by atoms with Crippen LogP contribution in [0.25, 0.3) is 0 Å². The molecule has 0 spiro atoms. The van der Waals surface area contributed by atoms with Crippen LogP contribution in [0.3, 0.4) is 0 Å². The molecule has 4 N–H and O–H groups in total. The van der Waals surface area contributed by atoms with Gasteiger partial charge in [-0.3, -0.25) is 0 Å². The normalized spacial score (nSPS) is 26.2. The van der Waals surface area contributed by atoms with Crippen molar-refractivity contribution >= 4 is 0 Å². The standard InChI is InChI=1S/C5H11N3/c1-4-3-7-5(2-6)8-4/h3,5,7-8H,2,6H2,1H3. The Labute approximate surface area is 48.9 Å². The molecular weight excluding hydrogens is 102 g/mol. The maximum absolute atomic E-state index is 5.34. The summed E-state index contributed by atoms with van der Waals surface area (Å²) in [6, 6.07) is 0. The molecule has 8 heavy (non-hydrogen) atoms. The first-order valence-corrected chi connectivity index (χ1v) is 2.72. The minimum absolute atomic E-state index is 0.259. The number of nitrogens with one attached hydrogen (secondary N) is 2. The Balaban J connectivity index is 2.32. The summed E-state index contributed by atoms with van der Waals surface area (Å²) in [7, 11) is 0. The van der Waals surface area contributed by atoms with Gasteiger partial charge in [-0.15, -0.1) is 0 Å². The zero-order chi connectivity index (χ0) is 5.98. The molecule has 1 atom stereocenters. The van der Waals surface area contributed by atoms with Crippen LogP contribution < -0.4 is 16.4 Å². The third-order valence-electron chi connectivity index (χ3n) is 1.14. The monoisotopic (exact) mass is 113 g/mol. The molecular formula is C5H11N3. The van der Waals surface area contributed by atoms with Crippen molar-refractivity contribution in [2.75, 3.05) is 6.54 Å². The van der Waals surface area contributed by atoms with E-state index in [1.807, 2.05) is 13.1 Å². The quantitative estimate of drug-likeness (QED) is 0.422. The zero-order valence-corrected chi connectivity index (χ0v) is 4.94. The second-order valence-corrected chi connectivity index (χ2v) is 1.93. The van der Waals surface area contributed by atoms with Crippen LogP contribution in [0.4, 0.5) is 0 Å². The van der Waals surface area contributed by atoms with E-state index in [0.717, 1.165) is 5.70 Å². The lowest BCUT2D eigenvalue weighted by Gasteiger charge is -2.08. The molecule has 0 saturated heterocycles. The first kappa shape index (κ1) is 5.44. The molecule has 3 nitrogen and oxygen atoms in total.